The molecule has 1 atom stereocenters. The van der Waals surface area contributed by atoms with E-state index in [1.807, 2.05) is 13.0 Å². The maximum Gasteiger partial charge on any atom is 0.307 e. The number of methoxy groups -OCH3 is 1. The highest BCUT2D eigenvalue weighted by molar-refractivity contribution is 7.89. The minimum Gasteiger partial charge on any atom is -0.493 e. The van der Waals surface area contributed by atoms with Gasteiger partial charge in [-0.25, -0.2) is 13.8 Å². The minimum atomic E-state index is -4.11. The van der Waals surface area contributed by atoms with Crippen molar-refractivity contribution >= 4 is 39.2 Å². The van der Waals surface area contributed by atoms with Gasteiger partial charge in [-0.05, 0) is 48.9 Å². The number of fused-ring (bicyclic) bond motifs is 1. The molecule has 0 radical (unpaired) electrons. The zero-order valence-electron chi connectivity index (χ0n) is 18.6. The molecule has 35 heavy (non-hydrogen) atoms. The van der Waals surface area contributed by atoms with E-state index >= 15 is 0 Å². The molecule has 0 fully saturated rings. The molecule has 2 aromatic rings. The summed E-state index contributed by atoms with van der Waals surface area (Å²) in [5.74, 6) is -0.218. The predicted molar refractivity (Wildman–Crippen MR) is 130 cm³/mol. The summed E-state index contributed by atoms with van der Waals surface area (Å²) in [6.45, 7) is 1.94. The fraction of sp³-hybridized carbons (Fsp3) is 0.174. The lowest BCUT2D eigenvalue weighted by Gasteiger charge is -2.26. The molecule has 184 valence electrons. The monoisotopic (exact) mass is 537 g/mol. The Morgan fingerprint density at radius 3 is 2.66 bits per heavy atom. The first-order chi connectivity index (χ1) is 16.6. The van der Waals surface area contributed by atoms with Gasteiger partial charge in [0, 0.05) is 23.3 Å². The Bertz CT molecular complexity index is 1390. The second kappa shape index (κ2) is 9.82. The summed E-state index contributed by atoms with van der Waals surface area (Å²) in [4.78, 5) is 10.9. The number of aliphatic carboxylic acids is 1. The summed E-state index contributed by atoms with van der Waals surface area (Å²) >= 11 is 12.0. The second-order valence-electron chi connectivity index (χ2n) is 7.77. The van der Waals surface area contributed by atoms with Crippen molar-refractivity contribution in [3.05, 3.63) is 87.5 Å². The largest absolute Gasteiger partial charge is 0.493 e. The Balaban J connectivity index is 1.69. The number of nitrogens with one attached hydrogen (secondary N) is 2. The summed E-state index contributed by atoms with van der Waals surface area (Å²) in [5.41, 5.74) is 4.57. The predicted octanol–water partition coefficient (Wildman–Crippen LogP) is 3.82. The number of benzene rings is 2. The molecule has 2 aromatic carbocycles. The van der Waals surface area contributed by atoms with E-state index < -0.39 is 16.0 Å². The molecular formula is C23H21Cl2N3O6S. The van der Waals surface area contributed by atoms with Crippen LogP contribution in [-0.2, 0) is 21.2 Å². The number of hydrogen-bond acceptors (Lipinski definition) is 7. The highest BCUT2D eigenvalue weighted by Gasteiger charge is 2.29. The lowest BCUT2D eigenvalue weighted by molar-refractivity contribution is -0.136. The number of carboxylic acid groups (broad SMARTS) is 1. The van der Waals surface area contributed by atoms with Gasteiger partial charge in [-0.2, -0.15) is 0 Å². The van der Waals surface area contributed by atoms with E-state index in [4.69, 9.17) is 37.8 Å². The Morgan fingerprint density at radius 1 is 1.20 bits per heavy atom. The molecule has 0 aliphatic carbocycles. The minimum absolute atomic E-state index is 0.00487. The Hall–Kier alpha value is -3.18. The summed E-state index contributed by atoms with van der Waals surface area (Å²) in [7, 11) is -2.68. The molecule has 3 N–H and O–H groups in total. The van der Waals surface area contributed by atoms with Gasteiger partial charge in [-0.15, -0.1) is 0 Å². The van der Waals surface area contributed by atoms with Gasteiger partial charge in [0.25, 0.3) is 10.0 Å². The number of rotatable bonds is 8. The lowest BCUT2D eigenvalue weighted by atomic mass is 10.1. The fourth-order valence-corrected chi connectivity index (χ4v) is 5.38. The molecule has 0 spiro atoms. The average molecular weight is 538 g/mol. The van der Waals surface area contributed by atoms with E-state index in [1.165, 1.54) is 25.3 Å². The summed E-state index contributed by atoms with van der Waals surface area (Å²) < 4.78 is 40.3. The molecule has 2 heterocycles. The van der Waals surface area contributed by atoms with E-state index in [2.05, 4.69) is 10.1 Å². The van der Waals surface area contributed by atoms with Crippen LogP contribution in [0.2, 0.25) is 10.0 Å². The van der Waals surface area contributed by atoms with Gasteiger partial charge >= 0.3 is 5.97 Å². The highest BCUT2D eigenvalue weighted by atomic mass is 35.5. The Kier molecular flexibility index (Phi) is 7.00. The second-order valence-corrected chi connectivity index (χ2v) is 10.3. The van der Waals surface area contributed by atoms with Crippen molar-refractivity contribution < 1.29 is 27.8 Å². The van der Waals surface area contributed by atoms with Crippen LogP contribution in [0.5, 0.6) is 11.5 Å². The molecular weight excluding hydrogens is 517 g/mol. The van der Waals surface area contributed by atoms with Crippen LogP contribution >= 0.6 is 23.2 Å². The first-order valence-corrected chi connectivity index (χ1v) is 12.5. The zero-order chi connectivity index (χ0) is 25.3. The number of allylic oxidation sites excluding steroid dienone is 1. The van der Waals surface area contributed by atoms with Gasteiger partial charge in [-0.3, -0.25) is 14.5 Å². The Morgan fingerprint density at radius 2 is 1.97 bits per heavy atom. The Labute approximate surface area is 212 Å². The van der Waals surface area contributed by atoms with Crippen LogP contribution in [0.1, 0.15) is 12.5 Å². The number of hydrazine groups is 1. The molecule has 0 saturated heterocycles. The van der Waals surface area contributed by atoms with Crippen LogP contribution in [0.25, 0.3) is 0 Å². The third-order valence-electron chi connectivity index (χ3n) is 5.08. The quantitative estimate of drug-likeness (QED) is 0.465. The molecule has 0 saturated carbocycles. The lowest BCUT2D eigenvalue weighted by Crippen LogP contribution is -2.36. The number of carbonyl (C=O) groups is 1. The molecule has 12 heteroatoms. The summed E-state index contributed by atoms with van der Waals surface area (Å²) in [5, 5.41) is 11.0. The van der Waals surface area contributed by atoms with Crippen molar-refractivity contribution in [2.45, 2.75) is 24.3 Å². The molecule has 0 amide bonds. The SMILES string of the molecule is COc1cc(CC(=O)O)ccc1OC1=CC2=CC(C)NN2C=C1NS(=O)(=O)c1ccc(Cl)cc1Cl. The van der Waals surface area contributed by atoms with Gasteiger partial charge in [-0.1, -0.05) is 29.3 Å². The van der Waals surface area contributed by atoms with Gasteiger partial charge < -0.3 is 14.6 Å². The van der Waals surface area contributed by atoms with Crippen LogP contribution in [0.3, 0.4) is 0 Å². The molecule has 0 bridgehead atoms. The van der Waals surface area contributed by atoms with E-state index in [-0.39, 0.29) is 39.6 Å². The van der Waals surface area contributed by atoms with Crippen LogP contribution in [-0.4, -0.2) is 37.7 Å². The number of sulfonamides is 1. The van der Waals surface area contributed by atoms with Gasteiger partial charge in [0.05, 0.1) is 24.3 Å². The van der Waals surface area contributed by atoms with Gasteiger partial charge in [0.1, 0.15) is 10.6 Å². The maximum atomic E-state index is 13.2. The number of ether oxygens (including phenoxy) is 2. The van der Waals surface area contributed by atoms with Crippen LogP contribution < -0.4 is 19.6 Å². The van der Waals surface area contributed by atoms with Gasteiger partial charge in [0.2, 0.25) is 0 Å². The third kappa shape index (κ3) is 5.57. The van der Waals surface area contributed by atoms with Crippen molar-refractivity contribution in [1.29, 1.82) is 0 Å². The van der Waals surface area contributed by atoms with Crippen molar-refractivity contribution in [3.63, 3.8) is 0 Å². The summed E-state index contributed by atoms with van der Waals surface area (Å²) in [6, 6.07) is 8.81. The first kappa shape index (κ1) is 24.9. The van der Waals surface area contributed by atoms with Crippen molar-refractivity contribution in [3.8, 4) is 11.5 Å². The number of halogens is 2. The zero-order valence-corrected chi connectivity index (χ0v) is 20.9. The van der Waals surface area contributed by atoms with E-state index in [0.29, 0.717) is 16.3 Å². The molecule has 2 aliphatic rings. The van der Waals surface area contributed by atoms with E-state index in [0.717, 1.165) is 5.70 Å². The van der Waals surface area contributed by atoms with E-state index in [1.54, 1.807) is 35.5 Å². The van der Waals surface area contributed by atoms with Crippen molar-refractivity contribution in [2.75, 3.05) is 7.11 Å². The normalized spacial score (nSPS) is 17.2. The third-order valence-corrected chi connectivity index (χ3v) is 7.16. The first-order valence-electron chi connectivity index (χ1n) is 10.3. The average Bonchev–Trinajstić information content (AvgIpc) is 3.12. The van der Waals surface area contributed by atoms with Crippen LogP contribution in [0, 0.1) is 0 Å². The fourth-order valence-electron chi connectivity index (χ4n) is 3.56. The van der Waals surface area contributed by atoms with Crippen LogP contribution in [0.4, 0.5) is 0 Å². The standard InChI is InChI=1S/C23H21Cl2N3O6S/c1-13-7-16-11-20(34-19-5-3-14(9-23(29)30)8-21(19)33-2)18(12-28(16)26-13)27-35(31,32)22-6-4-15(24)10-17(22)25/h3-8,10-13,26-27H,9H2,1-2H3,(H,29,30). The number of hydrogen-bond donors (Lipinski definition) is 3. The van der Waals surface area contributed by atoms with Gasteiger partial charge in [0.15, 0.2) is 17.3 Å². The molecule has 9 nitrogen and oxygen atoms in total. The molecule has 2 aliphatic heterocycles. The van der Waals surface area contributed by atoms with Crippen LogP contribution in [0.15, 0.2) is 76.8 Å². The van der Waals surface area contributed by atoms with E-state index in [9.17, 15) is 13.2 Å². The molecule has 4 rings (SSSR count). The number of nitrogens with zero attached hydrogens (tertiary/aromatic N) is 1. The topological polar surface area (TPSA) is 117 Å². The van der Waals surface area contributed by atoms with Crippen molar-refractivity contribution in [2.24, 2.45) is 0 Å². The smallest absolute Gasteiger partial charge is 0.307 e. The molecule has 1 unspecified atom stereocenters. The summed E-state index contributed by atoms with van der Waals surface area (Å²) in [6.07, 6.45) is 4.98. The maximum absolute atomic E-state index is 13.2. The van der Waals surface area contributed by atoms with Crippen molar-refractivity contribution in [1.82, 2.24) is 15.2 Å². The molecule has 0 aromatic heterocycles. The number of carboxylic acids is 1. The highest BCUT2D eigenvalue weighted by Crippen LogP contribution is 2.34.